The van der Waals surface area contributed by atoms with E-state index < -0.39 is 46.2 Å². The molecule has 1 amide bonds. The van der Waals surface area contributed by atoms with Crippen molar-refractivity contribution in [2.24, 2.45) is 0 Å². The summed E-state index contributed by atoms with van der Waals surface area (Å²) in [5.74, 6) is -5.69. The number of rotatable bonds is 3. The molecule has 3 aromatic rings. The van der Waals surface area contributed by atoms with Gasteiger partial charge in [0.1, 0.15) is 5.60 Å². The van der Waals surface area contributed by atoms with E-state index in [4.69, 9.17) is 4.74 Å². The number of ketones is 1. The lowest BCUT2D eigenvalue weighted by Gasteiger charge is -2.20. The average molecular weight is 403 g/mol. The van der Waals surface area contributed by atoms with Crippen LogP contribution in [0, 0.1) is 17.5 Å². The zero-order valence-electron chi connectivity index (χ0n) is 15.7. The number of ether oxygens (including phenoxy) is 1. The van der Waals surface area contributed by atoms with Gasteiger partial charge in [-0.1, -0.05) is 0 Å². The maximum Gasteiger partial charge on any atom is 0.412 e. The number of aromatic nitrogens is 2. The first kappa shape index (κ1) is 20.2. The van der Waals surface area contributed by atoms with Gasteiger partial charge in [-0.15, -0.1) is 0 Å². The van der Waals surface area contributed by atoms with Crippen LogP contribution in [0.15, 0.2) is 36.7 Å². The first-order valence-electron chi connectivity index (χ1n) is 8.50. The molecule has 3 rings (SSSR count). The fourth-order valence-electron chi connectivity index (χ4n) is 2.56. The fourth-order valence-corrected chi connectivity index (χ4v) is 2.56. The van der Waals surface area contributed by atoms with Crippen LogP contribution in [0.25, 0.3) is 11.0 Å². The van der Waals surface area contributed by atoms with Crippen molar-refractivity contribution in [3.63, 3.8) is 0 Å². The summed E-state index contributed by atoms with van der Waals surface area (Å²) in [5, 5.41) is 1.99. The molecule has 0 saturated carbocycles. The van der Waals surface area contributed by atoms with E-state index in [9.17, 15) is 22.8 Å². The Hall–Kier alpha value is -3.49. The molecule has 0 aliphatic carbocycles. The normalized spacial score (nSPS) is 11.4. The molecule has 0 radical (unpaired) electrons. The summed E-state index contributed by atoms with van der Waals surface area (Å²) < 4.78 is 48.1. The number of carbonyl (C=O) groups excluding carboxylic acids is 2. The smallest absolute Gasteiger partial charge is 0.412 e. The molecule has 1 N–H and O–H groups in total. The number of anilines is 1. The van der Waals surface area contributed by atoms with Gasteiger partial charge in [0.2, 0.25) is 0 Å². The van der Waals surface area contributed by atoms with Crippen molar-refractivity contribution in [1.29, 1.82) is 0 Å². The van der Waals surface area contributed by atoms with Crippen LogP contribution in [-0.2, 0) is 4.74 Å². The van der Waals surface area contributed by atoms with Crippen molar-refractivity contribution in [2.45, 2.75) is 26.4 Å². The number of carbonyl (C=O) groups is 2. The van der Waals surface area contributed by atoms with Gasteiger partial charge in [0, 0.05) is 24.0 Å². The van der Waals surface area contributed by atoms with Crippen molar-refractivity contribution in [1.82, 2.24) is 9.97 Å². The van der Waals surface area contributed by atoms with Crippen LogP contribution >= 0.6 is 0 Å². The number of nitrogens with one attached hydrogen (secondary N) is 1. The maximum atomic E-state index is 14.8. The average Bonchev–Trinajstić information content (AvgIpc) is 2.64. The topological polar surface area (TPSA) is 81.2 Å². The lowest BCUT2D eigenvalue weighted by Crippen LogP contribution is -2.28. The van der Waals surface area contributed by atoms with Gasteiger partial charge < -0.3 is 4.74 Å². The standard InChI is InChI=1S/C20H16F3N3O3/c1-20(2,3)29-19(28)26-14-9-11(21)16(22)15(17(14)23)18(27)10-4-5-12-13(8-10)25-7-6-24-12/h4-9H,1-3H3,(H,26,28). The molecule has 9 heteroatoms. The molecule has 0 atom stereocenters. The lowest BCUT2D eigenvalue weighted by atomic mass is 10.0. The van der Waals surface area contributed by atoms with Gasteiger partial charge in [0.25, 0.3) is 0 Å². The highest BCUT2D eigenvalue weighted by Gasteiger charge is 2.27. The van der Waals surface area contributed by atoms with Crippen molar-refractivity contribution in [2.75, 3.05) is 5.32 Å². The van der Waals surface area contributed by atoms with Crippen molar-refractivity contribution in [3.05, 3.63) is 65.2 Å². The Balaban J connectivity index is 2.02. The third-order valence-electron chi connectivity index (χ3n) is 3.75. The third-order valence-corrected chi connectivity index (χ3v) is 3.75. The van der Waals surface area contributed by atoms with Crippen molar-refractivity contribution in [3.8, 4) is 0 Å². The molecule has 0 fully saturated rings. The van der Waals surface area contributed by atoms with Crippen LogP contribution in [0.5, 0.6) is 0 Å². The predicted molar refractivity (Wildman–Crippen MR) is 99.1 cm³/mol. The van der Waals surface area contributed by atoms with E-state index in [0.717, 1.165) is 0 Å². The Kier molecular flexibility index (Phi) is 5.23. The van der Waals surface area contributed by atoms with E-state index >= 15 is 0 Å². The minimum Gasteiger partial charge on any atom is -0.444 e. The van der Waals surface area contributed by atoms with Gasteiger partial charge in [0.15, 0.2) is 23.2 Å². The Morgan fingerprint density at radius 3 is 2.28 bits per heavy atom. The van der Waals surface area contributed by atoms with Gasteiger partial charge >= 0.3 is 6.09 Å². The lowest BCUT2D eigenvalue weighted by molar-refractivity contribution is 0.0634. The third kappa shape index (κ3) is 4.34. The Labute approximate surface area is 163 Å². The second-order valence-corrected chi connectivity index (χ2v) is 7.12. The zero-order chi connectivity index (χ0) is 21.3. The molecule has 6 nitrogen and oxygen atoms in total. The molecule has 1 heterocycles. The highest BCUT2D eigenvalue weighted by Crippen LogP contribution is 2.27. The second-order valence-electron chi connectivity index (χ2n) is 7.12. The van der Waals surface area contributed by atoms with E-state index in [1.165, 1.54) is 30.6 Å². The molecule has 150 valence electrons. The molecule has 0 aliphatic heterocycles. The minimum absolute atomic E-state index is 0.121. The fraction of sp³-hybridized carbons (Fsp3) is 0.200. The SMILES string of the molecule is CC(C)(C)OC(=O)Nc1cc(F)c(F)c(C(=O)c2ccc3nccnc3c2)c1F. The Bertz CT molecular complexity index is 1130. The summed E-state index contributed by atoms with van der Waals surface area (Å²) in [5.41, 5.74) is -2.09. The van der Waals surface area contributed by atoms with Crippen LogP contribution in [-0.4, -0.2) is 27.4 Å². The highest BCUT2D eigenvalue weighted by molar-refractivity contribution is 6.11. The number of amides is 1. The van der Waals surface area contributed by atoms with Crippen molar-refractivity contribution < 1.29 is 27.5 Å². The van der Waals surface area contributed by atoms with Crippen LogP contribution in [0.3, 0.4) is 0 Å². The molecule has 0 bridgehead atoms. The minimum atomic E-state index is -1.67. The summed E-state index contributed by atoms with van der Waals surface area (Å²) in [7, 11) is 0. The van der Waals surface area contributed by atoms with Crippen LogP contribution in [0.4, 0.5) is 23.7 Å². The molecule has 0 saturated heterocycles. The molecule has 0 spiro atoms. The van der Waals surface area contributed by atoms with Crippen molar-refractivity contribution >= 4 is 28.6 Å². The zero-order valence-corrected chi connectivity index (χ0v) is 15.7. The summed E-state index contributed by atoms with van der Waals surface area (Å²) in [6.45, 7) is 4.73. The number of hydrogen-bond donors (Lipinski definition) is 1. The maximum absolute atomic E-state index is 14.8. The Morgan fingerprint density at radius 1 is 0.966 bits per heavy atom. The number of benzene rings is 2. The van der Waals surface area contributed by atoms with E-state index in [1.807, 2.05) is 5.32 Å². The van der Waals surface area contributed by atoms with E-state index in [0.29, 0.717) is 17.1 Å². The number of nitrogens with zero attached hydrogens (tertiary/aromatic N) is 2. The summed E-state index contributed by atoms with van der Waals surface area (Å²) in [6.07, 6.45) is 1.76. The van der Waals surface area contributed by atoms with Gasteiger partial charge in [-0.3, -0.25) is 20.1 Å². The summed E-state index contributed by atoms with van der Waals surface area (Å²) in [4.78, 5) is 32.6. The molecule has 29 heavy (non-hydrogen) atoms. The molecule has 1 aromatic heterocycles. The largest absolute Gasteiger partial charge is 0.444 e. The predicted octanol–water partition coefficient (Wildman–Crippen LogP) is 4.63. The van der Waals surface area contributed by atoms with Gasteiger partial charge in [-0.05, 0) is 39.0 Å². The summed E-state index contributed by atoms with van der Waals surface area (Å²) >= 11 is 0. The Morgan fingerprint density at radius 2 is 1.62 bits per heavy atom. The van der Waals surface area contributed by atoms with Crippen LogP contribution in [0.2, 0.25) is 0 Å². The molecular formula is C20H16F3N3O3. The molecule has 2 aromatic carbocycles. The monoisotopic (exact) mass is 403 g/mol. The van der Waals surface area contributed by atoms with E-state index in [2.05, 4.69) is 9.97 Å². The number of halogens is 3. The summed E-state index contributed by atoms with van der Waals surface area (Å²) in [6, 6.07) is 4.47. The molecule has 0 aliphatic rings. The first-order chi connectivity index (χ1) is 13.6. The molecular weight excluding hydrogens is 387 g/mol. The highest BCUT2D eigenvalue weighted by atomic mass is 19.2. The number of hydrogen-bond acceptors (Lipinski definition) is 5. The van der Waals surface area contributed by atoms with Gasteiger partial charge in [0.05, 0.1) is 22.3 Å². The molecule has 0 unspecified atom stereocenters. The first-order valence-corrected chi connectivity index (χ1v) is 8.50. The van der Waals surface area contributed by atoms with E-state index in [1.54, 1.807) is 20.8 Å². The van der Waals surface area contributed by atoms with Crippen LogP contribution in [0.1, 0.15) is 36.7 Å². The number of fused-ring (bicyclic) bond motifs is 1. The van der Waals surface area contributed by atoms with Gasteiger partial charge in [-0.25, -0.2) is 18.0 Å². The second kappa shape index (κ2) is 7.50. The van der Waals surface area contributed by atoms with Gasteiger partial charge in [-0.2, -0.15) is 0 Å². The quantitative estimate of drug-likeness (QED) is 0.510. The van der Waals surface area contributed by atoms with Crippen LogP contribution < -0.4 is 5.32 Å². The van der Waals surface area contributed by atoms with E-state index in [-0.39, 0.29) is 5.56 Å².